The average Bonchev–Trinajstić information content (AvgIpc) is 3.05. The Hall–Kier alpha value is -4.40. The Kier molecular flexibility index (Phi) is 7.71. The molecule has 4 aromatic carbocycles. The zero-order valence-corrected chi connectivity index (χ0v) is 26.6. The monoisotopic (exact) mass is 608 g/mol. The highest BCUT2D eigenvalue weighted by molar-refractivity contribution is 5.63. The minimum absolute atomic E-state index is 0.0160. The van der Waals surface area contributed by atoms with E-state index in [0.717, 1.165) is 54.8 Å². The first-order valence-electron chi connectivity index (χ1n) is 15.5. The molecule has 234 valence electrons. The van der Waals surface area contributed by atoms with E-state index in [1.54, 1.807) is 21.3 Å². The van der Waals surface area contributed by atoms with Crippen molar-refractivity contribution >= 4 is 0 Å². The molecule has 0 fully saturated rings. The molecule has 0 spiro atoms. The second-order valence-corrected chi connectivity index (χ2v) is 12.3. The molecule has 1 N–H and O–H groups in total. The fourth-order valence-electron chi connectivity index (χ4n) is 7.10. The van der Waals surface area contributed by atoms with E-state index in [9.17, 15) is 5.11 Å². The lowest BCUT2D eigenvalue weighted by Gasteiger charge is -2.37. The van der Waals surface area contributed by atoms with Crippen LogP contribution in [0.25, 0.3) is 0 Å². The van der Waals surface area contributed by atoms with Gasteiger partial charge in [-0.25, -0.2) is 0 Å². The van der Waals surface area contributed by atoms with Gasteiger partial charge in [-0.15, -0.1) is 0 Å². The quantitative estimate of drug-likeness (QED) is 0.271. The van der Waals surface area contributed by atoms with Crippen molar-refractivity contribution in [1.29, 1.82) is 0 Å². The van der Waals surface area contributed by atoms with Crippen molar-refractivity contribution in [3.05, 3.63) is 94.0 Å². The van der Waals surface area contributed by atoms with Crippen LogP contribution in [0.2, 0.25) is 0 Å². The smallest absolute Gasteiger partial charge is 0.201 e. The number of hydrogen-bond donors (Lipinski definition) is 1. The Balaban J connectivity index is 1.45. The van der Waals surface area contributed by atoms with Crippen LogP contribution in [-0.2, 0) is 25.7 Å². The summed E-state index contributed by atoms with van der Waals surface area (Å²) >= 11 is 0. The number of fused-ring (bicyclic) bond motifs is 2. The van der Waals surface area contributed by atoms with Crippen molar-refractivity contribution in [3.8, 4) is 46.0 Å². The number of benzene rings is 4. The van der Waals surface area contributed by atoms with Crippen LogP contribution < -0.4 is 23.7 Å². The lowest BCUT2D eigenvalue weighted by Crippen LogP contribution is -2.34. The molecule has 0 radical (unpaired) electrons. The molecule has 4 aliphatic rings. The number of hydrogen-bond acceptors (Lipinski definition) is 8. The fourth-order valence-corrected chi connectivity index (χ4v) is 7.10. The maximum atomic E-state index is 11.6. The number of ether oxygens (including phenoxy) is 5. The summed E-state index contributed by atoms with van der Waals surface area (Å²) in [5.74, 6) is 4.09. The first-order valence-corrected chi connectivity index (χ1v) is 15.5. The Morgan fingerprint density at radius 1 is 0.667 bits per heavy atom. The summed E-state index contributed by atoms with van der Waals surface area (Å²) < 4.78 is 30.5. The highest BCUT2D eigenvalue weighted by Gasteiger charge is 2.34. The lowest BCUT2D eigenvalue weighted by molar-refractivity contribution is 0.220. The maximum absolute atomic E-state index is 11.6. The van der Waals surface area contributed by atoms with E-state index in [-0.39, 0.29) is 17.8 Å². The Morgan fingerprint density at radius 2 is 1.29 bits per heavy atom. The van der Waals surface area contributed by atoms with Crippen LogP contribution in [0.4, 0.5) is 0 Å². The molecule has 8 nitrogen and oxygen atoms in total. The van der Waals surface area contributed by atoms with Gasteiger partial charge < -0.3 is 28.8 Å². The third kappa shape index (κ3) is 5.32. The molecule has 0 aliphatic carbocycles. The third-order valence-electron chi connectivity index (χ3n) is 9.66. The van der Waals surface area contributed by atoms with Crippen LogP contribution in [0.5, 0.6) is 46.0 Å². The number of methoxy groups -OCH3 is 3. The van der Waals surface area contributed by atoms with Gasteiger partial charge in [-0.05, 0) is 110 Å². The highest BCUT2D eigenvalue weighted by atomic mass is 16.5. The summed E-state index contributed by atoms with van der Waals surface area (Å²) in [5.41, 5.74) is 6.77. The van der Waals surface area contributed by atoms with Crippen molar-refractivity contribution in [2.45, 2.75) is 37.8 Å². The van der Waals surface area contributed by atoms with Crippen LogP contribution in [-0.4, -0.2) is 63.4 Å². The molecule has 4 aromatic rings. The average molecular weight is 609 g/mol. The van der Waals surface area contributed by atoms with E-state index >= 15 is 0 Å². The molecule has 0 aromatic heterocycles. The topological polar surface area (TPSA) is 72.9 Å². The highest BCUT2D eigenvalue weighted by Crippen LogP contribution is 2.51. The van der Waals surface area contributed by atoms with E-state index in [2.05, 4.69) is 54.2 Å². The van der Waals surface area contributed by atoms with Crippen LogP contribution in [0.15, 0.2) is 60.7 Å². The van der Waals surface area contributed by atoms with Crippen LogP contribution in [0.1, 0.15) is 45.5 Å². The second kappa shape index (κ2) is 11.8. The molecule has 0 amide bonds. The zero-order chi connectivity index (χ0) is 31.2. The number of nitrogens with zero attached hydrogens (tertiary/aromatic N) is 2. The molecule has 8 heteroatoms. The van der Waals surface area contributed by atoms with E-state index < -0.39 is 0 Å². The predicted molar refractivity (Wildman–Crippen MR) is 173 cm³/mol. The molecule has 2 atom stereocenters. The minimum Gasteiger partial charge on any atom is -0.502 e. The summed E-state index contributed by atoms with van der Waals surface area (Å²) in [6, 6.07) is 20.6. The summed E-state index contributed by atoms with van der Waals surface area (Å²) in [5, 5.41) is 11.6. The van der Waals surface area contributed by atoms with Gasteiger partial charge in [0.2, 0.25) is 5.75 Å². The molecule has 0 saturated carbocycles. The molecule has 4 heterocycles. The lowest BCUT2D eigenvalue weighted by atomic mass is 9.87. The summed E-state index contributed by atoms with van der Waals surface area (Å²) in [6.07, 6.45) is 3.20. The van der Waals surface area contributed by atoms with E-state index in [1.165, 1.54) is 16.7 Å². The van der Waals surface area contributed by atoms with Gasteiger partial charge in [0.1, 0.15) is 5.75 Å². The zero-order valence-electron chi connectivity index (χ0n) is 26.6. The molecule has 6 bridgehead atoms. The van der Waals surface area contributed by atoms with E-state index in [1.807, 2.05) is 30.3 Å². The minimum atomic E-state index is -0.0810. The SMILES string of the molecule is COc1ccc2cc1Oc1ccc(cc1)C[C@H]1c3cc(c(OC)cc3CCN1C)Oc1c(O)c(OC)cc3c1C(C2)N(C)CC3. The van der Waals surface area contributed by atoms with Crippen LogP contribution >= 0.6 is 0 Å². The van der Waals surface area contributed by atoms with Gasteiger partial charge >= 0.3 is 0 Å². The number of likely N-dealkylation sites (N-methyl/N-ethyl adjacent to an activating group) is 2. The second-order valence-electron chi connectivity index (χ2n) is 12.3. The third-order valence-corrected chi connectivity index (χ3v) is 9.66. The molecule has 45 heavy (non-hydrogen) atoms. The first-order chi connectivity index (χ1) is 21.9. The maximum Gasteiger partial charge on any atom is 0.201 e. The molecular weight excluding hydrogens is 568 g/mol. The largest absolute Gasteiger partial charge is 0.502 e. The first kappa shape index (κ1) is 29.3. The van der Waals surface area contributed by atoms with Gasteiger partial charge in [0.25, 0.3) is 0 Å². The number of phenols is 1. The van der Waals surface area contributed by atoms with Crippen molar-refractivity contribution < 1.29 is 28.8 Å². The van der Waals surface area contributed by atoms with Crippen molar-refractivity contribution in [2.24, 2.45) is 0 Å². The van der Waals surface area contributed by atoms with Gasteiger partial charge in [-0.1, -0.05) is 18.2 Å². The van der Waals surface area contributed by atoms with Gasteiger partial charge in [-0.3, -0.25) is 9.80 Å². The summed E-state index contributed by atoms with van der Waals surface area (Å²) in [6.45, 7) is 1.80. The van der Waals surface area contributed by atoms with Gasteiger partial charge in [0.15, 0.2) is 34.5 Å². The summed E-state index contributed by atoms with van der Waals surface area (Å²) in [7, 11) is 9.19. The van der Waals surface area contributed by atoms with Crippen molar-refractivity contribution in [2.75, 3.05) is 48.5 Å². The molecule has 1 unspecified atom stereocenters. The predicted octanol–water partition coefficient (Wildman–Crippen LogP) is 6.86. The molecule has 0 saturated heterocycles. The Labute approximate surface area is 264 Å². The summed E-state index contributed by atoms with van der Waals surface area (Å²) in [4.78, 5) is 4.71. The van der Waals surface area contributed by atoms with Crippen molar-refractivity contribution in [3.63, 3.8) is 0 Å². The van der Waals surface area contributed by atoms with Gasteiger partial charge in [0.05, 0.1) is 21.3 Å². The molecular formula is C37H40N2O6. The standard InChI is InChI=1S/C37H40N2O6/c1-38-14-12-24-19-31(42-4)33-21-27(24)28(38)16-22-6-9-26(10-7-22)44-32-18-23(8-11-30(32)41-3)17-29-35-25(13-15-39(29)2)20-34(43-5)36(40)37(35)45-33/h6-11,18-21,28-29,40H,12-17H2,1-5H3/t28-,29?/m0/s1. The number of rotatable bonds is 3. The van der Waals surface area contributed by atoms with Crippen LogP contribution in [0, 0.1) is 0 Å². The number of aromatic hydroxyl groups is 1. The van der Waals surface area contributed by atoms with Gasteiger partial charge in [-0.2, -0.15) is 0 Å². The number of phenolic OH excluding ortho intramolecular Hbond substituents is 1. The Bertz CT molecular complexity index is 1740. The molecule has 8 rings (SSSR count). The van der Waals surface area contributed by atoms with Gasteiger partial charge in [0, 0.05) is 30.7 Å². The van der Waals surface area contributed by atoms with Crippen LogP contribution in [0.3, 0.4) is 0 Å². The van der Waals surface area contributed by atoms with E-state index in [0.29, 0.717) is 40.9 Å². The van der Waals surface area contributed by atoms with Crippen molar-refractivity contribution in [1.82, 2.24) is 9.80 Å². The molecule has 4 aliphatic heterocycles. The normalized spacial score (nSPS) is 19.4. The van der Waals surface area contributed by atoms with E-state index in [4.69, 9.17) is 23.7 Å². The fraction of sp³-hybridized carbons (Fsp3) is 0.351. The Morgan fingerprint density at radius 3 is 2.02 bits per heavy atom.